The Hall–Kier alpha value is -3.20. The molecule has 0 saturated carbocycles. The van der Waals surface area contributed by atoms with Gasteiger partial charge in [-0.1, -0.05) is 103 Å². The lowest BCUT2D eigenvalue weighted by atomic mass is 9.87. The highest BCUT2D eigenvalue weighted by Gasteiger charge is 2.22. The van der Waals surface area contributed by atoms with Crippen molar-refractivity contribution < 1.29 is 0 Å². The van der Waals surface area contributed by atoms with E-state index in [2.05, 4.69) is 122 Å². The predicted molar refractivity (Wildman–Crippen MR) is 142 cm³/mol. The van der Waals surface area contributed by atoms with Gasteiger partial charge in [-0.3, -0.25) is 0 Å². The van der Waals surface area contributed by atoms with Crippen LogP contribution in [-0.4, -0.2) is 13.1 Å². The molecular formula is C32H34N2. The van der Waals surface area contributed by atoms with Gasteiger partial charge >= 0.3 is 0 Å². The fourth-order valence-electron chi connectivity index (χ4n) is 5.39. The van der Waals surface area contributed by atoms with Crippen LogP contribution in [0.3, 0.4) is 0 Å². The van der Waals surface area contributed by atoms with Gasteiger partial charge in [0.25, 0.3) is 0 Å². The zero-order valence-electron chi connectivity index (χ0n) is 20.2. The summed E-state index contributed by atoms with van der Waals surface area (Å²) in [5.74, 6) is 0. The van der Waals surface area contributed by atoms with E-state index in [0.29, 0.717) is 12.1 Å². The average molecular weight is 447 g/mol. The number of rotatable bonds is 2. The van der Waals surface area contributed by atoms with Crippen molar-refractivity contribution in [1.29, 1.82) is 0 Å². The van der Waals surface area contributed by atoms with Crippen LogP contribution in [-0.2, 0) is 12.8 Å². The first kappa shape index (κ1) is 22.6. The molecule has 2 heterocycles. The van der Waals surface area contributed by atoms with Crippen molar-refractivity contribution in [3.8, 4) is 0 Å². The van der Waals surface area contributed by atoms with Crippen molar-refractivity contribution in [2.24, 2.45) is 0 Å². The van der Waals surface area contributed by atoms with E-state index in [9.17, 15) is 0 Å². The van der Waals surface area contributed by atoms with Crippen molar-refractivity contribution in [3.05, 3.63) is 142 Å². The second kappa shape index (κ2) is 10.4. The molecule has 4 aromatic carbocycles. The van der Waals surface area contributed by atoms with Gasteiger partial charge in [-0.2, -0.15) is 0 Å². The summed E-state index contributed by atoms with van der Waals surface area (Å²) in [5.41, 5.74) is 11.4. The molecule has 0 fully saturated rings. The van der Waals surface area contributed by atoms with Gasteiger partial charge < -0.3 is 10.6 Å². The van der Waals surface area contributed by atoms with E-state index >= 15 is 0 Å². The van der Waals surface area contributed by atoms with Crippen LogP contribution in [0.15, 0.2) is 97.1 Å². The monoisotopic (exact) mass is 446 g/mol. The minimum absolute atomic E-state index is 0.362. The molecule has 4 aromatic rings. The Morgan fingerprint density at radius 3 is 1.91 bits per heavy atom. The largest absolute Gasteiger partial charge is 0.306 e. The third-order valence-corrected chi connectivity index (χ3v) is 7.06. The molecule has 2 nitrogen and oxygen atoms in total. The average Bonchev–Trinajstić information content (AvgIpc) is 2.89. The number of fused-ring (bicyclic) bond motifs is 2. The molecule has 0 bridgehead atoms. The lowest BCUT2D eigenvalue weighted by Gasteiger charge is -2.29. The third-order valence-electron chi connectivity index (χ3n) is 7.06. The summed E-state index contributed by atoms with van der Waals surface area (Å²) in [7, 11) is 0. The summed E-state index contributed by atoms with van der Waals surface area (Å²) in [6.45, 7) is 6.51. The Kier molecular flexibility index (Phi) is 6.89. The Bertz CT molecular complexity index is 1230. The van der Waals surface area contributed by atoms with E-state index < -0.39 is 0 Å². The number of hydrogen-bond donors (Lipinski definition) is 2. The molecule has 0 aliphatic carbocycles. The molecule has 2 atom stereocenters. The minimum atomic E-state index is 0.362. The van der Waals surface area contributed by atoms with Crippen LogP contribution in [0.4, 0.5) is 0 Å². The van der Waals surface area contributed by atoms with E-state index in [1.807, 2.05) is 0 Å². The first-order valence-corrected chi connectivity index (χ1v) is 12.4. The summed E-state index contributed by atoms with van der Waals surface area (Å²) in [5, 5.41) is 7.24. The summed E-state index contributed by atoms with van der Waals surface area (Å²) in [4.78, 5) is 0. The van der Waals surface area contributed by atoms with Gasteiger partial charge in [0.05, 0.1) is 12.1 Å². The van der Waals surface area contributed by atoms with E-state index in [1.54, 1.807) is 0 Å². The number of nitrogens with one attached hydrogen (secondary N) is 2. The van der Waals surface area contributed by atoms with Crippen LogP contribution in [0.1, 0.15) is 56.6 Å². The van der Waals surface area contributed by atoms with Crippen molar-refractivity contribution in [1.82, 2.24) is 10.6 Å². The zero-order chi connectivity index (χ0) is 23.3. The van der Waals surface area contributed by atoms with Gasteiger partial charge in [-0.15, -0.1) is 0 Å². The topological polar surface area (TPSA) is 24.1 Å². The molecule has 2 heteroatoms. The molecule has 6 rings (SSSR count). The number of aryl methyl sites for hydroxylation is 2. The second-order valence-electron chi connectivity index (χ2n) is 9.45. The Morgan fingerprint density at radius 2 is 1.21 bits per heavy atom. The molecule has 2 N–H and O–H groups in total. The van der Waals surface area contributed by atoms with Crippen LogP contribution < -0.4 is 10.6 Å². The van der Waals surface area contributed by atoms with E-state index in [-0.39, 0.29) is 0 Å². The van der Waals surface area contributed by atoms with E-state index in [4.69, 9.17) is 0 Å². The minimum Gasteiger partial charge on any atom is -0.306 e. The van der Waals surface area contributed by atoms with Crippen LogP contribution in [0.5, 0.6) is 0 Å². The molecular weight excluding hydrogens is 412 g/mol. The first-order valence-electron chi connectivity index (χ1n) is 12.4. The Morgan fingerprint density at radius 1 is 0.588 bits per heavy atom. The molecule has 172 valence electrons. The van der Waals surface area contributed by atoms with Crippen molar-refractivity contribution >= 4 is 0 Å². The SMILES string of the molecule is Cc1ccc2c(c1)CCNC2c1ccccc1.Cc1cccc2c1C(c1ccccc1)NCC2. The summed E-state index contributed by atoms with van der Waals surface area (Å²) in [6, 6.07) is 35.6. The van der Waals surface area contributed by atoms with Crippen LogP contribution in [0.2, 0.25) is 0 Å². The molecule has 0 aromatic heterocycles. The third kappa shape index (κ3) is 4.84. The maximum Gasteiger partial charge on any atom is 0.0582 e. The maximum absolute atomic E-state index is 3.63. The van der Waals surface area contributed by atoms with Crippen molar-refractivity contribution in [3.63, 3.8) is 0 Å². The molecule has 34 heavy (non-hydrogen) atoms. The number of hydrogen-bond acceptors (Lipinski definition) is 2. The normalized spacial score (nSPS) is 18.8. The highest BCUT2D eigenvalue weighted by atomic mass is 14.9. The molecule has 2 aliphatic rings. The predicted octanol–water partition coefficient (Wildman–Crippen LogP) is 6.46. The summed E-state index contributed by atoms with van der Waals surface area (Å²) in [6.07, 6.45) is 2.28. The zero-order valence-corrected chi connectivity index (χ0v) is 20.2. The van der Waals surface area contributed by atoms with Crippen molar-refractivity contribution in [2.75, 3.05) is 13.1 Å². The van der Waals surface area contributed by atoms with Crippen LogP contribution in [0, 0.1) is 13.8 Å². The second-order valence-corrected chi connectivity index (χ2v) is 9.45. The fourth-order valence-corrected chi connectivity index (χ4v) is 5.39. The molecule has 0 amide bonds. The Labute approximate surface area is 204 Å². The van der Waals surface area contributed by atoms with Gasteiger partial charge in [0, 0.05) is 13.1 Å². The van der Waals surface area contributed by atoms with Gasteiger partial charge in [0.15, 0.2) is 0 Å². The highest BCUT2D eigenvalue weighted by Crippen LogP contribution is 2.31. The molecule has 0 radical (unpaired) electrons. The lowest BCUT2D eigenvalue weighted by Crippen LogP contribution is -2.31. The van der Waals surface area contributed by atoms with Gasteiger partial charge in [-0.25, -0.2) is 0 Å². The number of benzene rings is 4. The van der Waals surface area contributed by atoms with Crippen LogP contribution in [0.25, 0.3) is 0 Å². The molecule has 0 saturated heterocycles. The Balaban J connectivity index is 0.000000142. The molecule has 2 unspecified atom stereocenters. The quantitative estimate of drug-likeness (QED) is 0.369. The highest BCUT2D eigenvalue weighted by molar-refractivity contribution is 5.44. The van der Waals surface area contributed by atoms with Gasteiger partial charge in [0.1, 0.15) is 0 Å². The molecule has 2 aliphatic heterocycles. The van der Waals surface area contributed by atoms with Crippen LogP contribution >= 0.6 is 0 Å². The van der Waals surface area contributed by atoms with Gasteiger partial charge in [0.2, 0.25) is 0 Å². The maximum atomic E-state index is 3.63. The van der Waals surface area contributed by atoms with Crippen molar-refractivity contribution in [2.45, 2.75) is 38.8 Å². The van der Waals surface area contributed by atoms with E-state index in [0.717, 1.165) is 25.9 Å². The summed E-state index contributed by atoms with van der Waals surface area (Å²) < 4.78 is 0. The smallest absolute Gasteiger partial charge is 0.0582 e. The molecule has 0 spiro atoms. The lowest BCUT2D eigenvalue weighted by molar-refractivity contribution is 0.565. The van der Waals surface area contributed by atoms with E-state index in [1.165, 1.54) is 44.5 Å². The fraction of sp³-hybridized carbons (Fsp3) is 0.250. The first-order chi connectivity index (χ1) is 16.7. The standard InChI is InChI=1S/2C16H17N/c1-12-6-5-9-13-10-11-17-16(15(12)13)14-7-3-2-4-8-14;1-12-7-8-15-14(11-12)9-10-17-16(15)13-5-3-2-4-6-13/h2-9,16-17H,10-11H2,1H3;2-8,11,16-17H,9-10H2,1H3. The summed E-state index contributed by atoms with van der Waals surface area (Å²) >= 11 is 0. The van der Waals surface area contributed by atoms with Gasteiger partial charge in [-0.05, 0) is 65.6 Å².